The Morgan fingerprint density at radius 2 is 1.49 bits per heavy atom. The summed E-state index contributed by atoms with van der Waals surface area (Å²) in [6, 6.07) is 10.2. The predicted molar refractivity (Wildman–Crippen MR) is 139 cm³/mol. The Morgan fingerprint density at radius 3 is 2.08 bits per heavy atom. The molecule has 1 unspecified atom stereocenters. The molecule has 0 amide bonds. The second-order valence-corrected chi connectivity index (χ2v) is 10.5. The minimum Gasteiger partial charge on any atom is -0.496 e. The maximum absolute atomic E-state index is 13.2. The summed E-state index contributed by atoms with van der Waals surface area (Å²) >= 11 is 0. The Labute approximate surface area is 226 Å². The number of benzene rings is 2. The zero-order chi connectivity index (χ0) is 28.0. The van der Waals surface area contributed by atoms with Crippen LogP contribution in [0.15, 0.2) is 42.5 Å². The lowest BCUT2D eigenvalue weighted by Crippen LogP contribution is -2.52. The lowest BCUT2D eigenvalue weighted by molar-refractivity contribution is -0.143. The quantitative estimate of drug-likeness (QED) is 0.279. The van der Waals surface area contributed by atoms with Gasteiger partial charge in [0.05, 0.1) is 24.3 Å². The fraction of sp³-hybridized carbons (Fsp3) is 0.586. The van der Waals surface area contributed by atoms with E-state index in [1.165, 1.54) is 32.1 Å². The van der Waals surface area contributed by atoms with Crippen LogP contribution in [0.3, 0.4) is 0 Å². The summed E-state index contributed by atoms with van der Waals surface area (Å²) in [5, 5.41) is 3.30. The average molecular weight is 558 g/mol. The number of alkyl halides is 6. The molecule has 4 nitrogen and oxygen atoms in total. The van der Waals surface area contributed by atoms with E-state index in [0.717, 1.165) is 49.6 Å². The topological polar surface area (TPSA) is 27.7 Å². The van der Waals surface area contributed by atoms with Crippen LogP contribution in [-0.2, 0) is 18.8 Å². The van der Waals surface area contributed by atoms with Crippen LogP contribution in [0.4, 0.5) is 26.3 Å². The number of nitrogens with zero attached hydrogens (tertiary/aromatic N) is 2. The standard InChI is InChI=1S/C29H37F6N3O/c1-39-27-10-6-5-9-25(27)26(38-15-13-37(14-16-38)24-7-3-2-4-8-24)20-36-12-11-21-17-22(28(30,31)32)19-23(18-21)29(33,34)35/h5-6,9-10,17-19,24,26,36H,2-4,7-8,11-16,20H2,1H3. The first-order valence-corrected chi connectivity index (χ1v) is 13.7. The summed E-state index contributed by atoms with van der Waals surface area (Å²) in [4.78, 5) is 4.99. The van der Waals surface area contributed by atoms with E-state index >= 15 is 0 Å². The molecule has 39 heavy (non-hydrogen) atoms. The Bertz CT molecular complexity index is 1030. The highest BCUT2D eigenvalue weighted by Crippen LogP contribution is 2.36. The fourth-order valence-corrected chi connectivity index (χ4v) is 5.87. The summed E-state index contributed by atoms with van der Waals surface area (Å²) in [7, 11) is 1.62. The zero-order valence-corrected chi connectivity index (χ0v) is 22.3. The van der Waals surface area contributed by atoms with Crippen molar-refractivity contribution in [1.29, 1.82) is 0 Å². The van der Waals surface area contributed by atoms with E-state index in [-0.39, 0.29) is 30.6 Å². The molecule has 1 aliphatic heterocycles. The number of rotatable bonds is 9. The molecule has 2 aliphatic rings. The summed E-state index contributed by atoms with van der Waals surface area (Å²) in [5.41, 5.74) is -1.55. The van der Waals surface area contributed by atoms with E-state index in [1.807, 2.05) is 24.3 Å². The highest BCUT2D eigenvalue weighted by molar-refractivity contribution is 5.36. The maximum Gasteiger partial charge on any atom is 0.416 e. The third-order valence-corrected chi connectivity index (χ3v) is 7.95. The van der Waals surface area contributed by atoms with E-state index in [4.69, 9.17) is 4.74 Å². The van der Waals surface area contributed by atoms with Crippen LogP contribution in [0.1, 0.15) is 60.4 Å². The molecule has 1 saturated carbocycles. The monoisotopic (exact) mass is 557 g/mol. The average Bonchev–Trinajstić information content (AvgIpc) is 2.93. The minimum atomic E-state index is -4.85. The molecular formula is C29H37F6N3O. The van der Waals surface area contributed by atoms with Crippen LogP contribution >= 0.6 is 0 Å². The third kappa shape index (κ3) is 7.89. The van der Waals surface area contributed by atoms with Gasteiger partial charge < -0.3 is 10.1 Å². The lowest BCUT2D eigenvalue weighted by atomic mass is 9.93. The largest absolute Gasteiger partial charge is 0.496 e. The van der Waals surface area contributed by atoms with Crippen LogP contribution in [0.25, 0.3) is 0 Å². The first kappa shape index (κ1) is 29.7. The fourth-order valence-electron chi connectivity index (χ4n) is 5.87. The van der Waals surface area contributed by atoms with Gasteiger partial charge in [0.1, 0.15) is 5.75 Å². The molecule has 1 N–H and O–H groups in total. The molecule has 0 radical (unpaired) electrons. The van der Waals surface area contributed by atoms with E-state index in [9.17, 15) is 26.3 Å². The van der Waals surface area contributed by atoms with Crippen molar-refractivity contribution < 1.29 is 31.1 Å². The minimum absolute atomic E-state index is 0.000382. The van der Waals surface area contributed by atoms with E-state index in [0.29, 0.717) is 12.6 Å². The number of ether oxygens (including phenoxy) is 1. The molecule has 216 valence electrons. The number of hydrogen-bond acceptors (Lipinski definition) is 4. The van der Waals surface area contributed by atoms with Gasteiger partial charge in [-0.25, -0.2) is 0 Å². The van der Waals surface area contributed by atoms with Gasteiger partial charge in [-0.15, -0.1) is 0 Å². The first-order valence-electron chi connectivity index (χ1n) is 13.7. The summed E-state index contributed by atoms with van der Waals surface area (Å²) in [6.07, 6.45) is -3.26. The van der Waals surface area contributed by atoms with Crippen LogP contribution < -0.4 is 10.1 Å². The summed E-state index contributed by atoms with van der Waals surface area (Å²) < 4.78 is 85.0. The SMILES string of the molecule is COc1ccccc1C(CNCCc1cc(C(F)(F)F)cc(C(F)(F)F)c1)N1CCN(C2CCCCC2)CC1. The van der Waals surface area contributed by atoms with Crippen LogP contribution in [0.5, 0.6) is 5.75 Å². The van der Waals surface area contributed by atoms with Crippen molar-refractivity contribution in [2.24, 2.45) is 0 Å². The molecule has 10 heteroatoms. The van der Waals surface area contributed by atoms with Gasteiger partial charge in [-0.3, -0.25) is 9.80 Å². The molecule has 4 rings (SSSR count). The molecule has 1 saturated heterocycles. The first-order chi connectivity index (χ1) is 18.6. The molecular weight excluding hydrogens is 520 g/mol. The zero-order valence-electron chi connectivity index (χ0n) is 22.3. The number of nitrogens with one attached hydrogen (secondary N) is 1. The molecule has 2 aromatic carbocycles. The second-order valence-electron chi connectivity index (χ2n) is 10.5. The maximum atomic E-state index is 13.2. The van der Waals surface area contributed by atoms with Gasteiger partial charge in [0.25, 0.3) is 0 Å². The number of methoxy groups -OCH3 is 1. The van der Waals surface area contributed by atoms with Crippen molar-refractivity contribution >= 4 is 0 Å². The van der Waals surface area contributed by atoms with Crippen LogP contribution in [0, 0.1) is 0 Å². The molecule has 0 aromatic heterocycles. The van der Waals surface area contributed by atoms with Crippen molar-refractivity contribution in [3.63, 3.8) is 0 Å². The second kappa shape index (κ2) is 12.9. The smallest absolute Gasteiger partial charge is 0.416 e. The lowest BCUT2D eigenvalue weighted by Gasteiger charge is -2.43. The number of para-hydroxylation sites is 1. The molecule has 2 fully saturated rings. The Hall–Kier alpha value is -2.30. The van der Waals surface area contributed by atoms with Crippen molar-refractivity contribution in [2.75, 3.05) is 46.4 Å². The van der Waals surface area contributed by atoms with Gasteiger partial charge in [-0.05, 0) is 55.6 Å². The van der Waals surface area contributed by atoms with E-state index in [2.05, 4.69) is 15.1 Å². The van der Waals surface area contributed by atoms with Gasteiger partial charge in [0.2, 0.25) is 0 Å². The van der Waals surface area contributed by atoms with Gasteiger partial charge in [0.15, 0.2) is 0 Å². The number of halogens is 6. The van der Waals surface area contributed by atoms with Gasteiger partial charge in [-0.2, -0.15) is 26.3 Å². The Balaban J connectivity index is 1.43. The molecule has 1 atom stereocenters. The molecule has 2 aromatic rings. The third-order valence-electron chi connectivity index (χ3n) is 7.95. The predicted octanol–water partition coefficient (Wildman–Crippen LogP) is 6.56. The Morgan fingerprint density at radius 1 is 0.872 bits per heavy atom. The summed E-state index contributed by atoms with van der Waals surface area (Å²) in [5.74, 6) is 0.756. The number of piperazine rings is 1. The molecule has 0 bridgehead atoms. The van der Waals surface area contributed by atoms with Crippen molar-refractivity contribution in [3.05, 3.63) is 64.7 Å². The van der Waals surface area contributed by atoms with Crippen LogP contribution in [-0.4, -0.2) is 62.2 Å². The van der Waals surface area contributed by atoms with E-state index < -0.39 is 23.5 Å². The summed E-state index contributed by atoms with van der Waals surface area (Å²) in [6.45, 7) is 4.44. The molecule has 1 aliphatic carbocycles. The van der Waals surface area contributed by atoms with Gasteiger partial charge in [0, 0.05) is 44.3 Å². The van der Waals surface area contributed by atoms with Crippen molar-refractivity contribution in [3.8, 4) is 5.75 Å². The van der Waals surface area contributed by atoms with Crippen molar-refractivity contribution in [1.82, 2.24) is 15.1 Å². The number of hydrogen-bond donors (Lipinski definition) is 1. The van der Waals surface area contributed by atoms with Gasteiger partial charge >= 0.3 is 12.4 Å². The highest BCUT2D eigenvalue weighted by Gasteiger charge is 2.37. The molecule has 1 heterocycles. The normalized spacial score (nSPS) is 19.3. The van der Waals surface area contributed by atoms with E-state index in [1.54, 1.807) is 7.11 Å². The highest BCUT2D eigenvalue weighted by atomic mass is 19.4. The molecule has 0 spiro atoms. The van der Waals surface area contributed by atoms with Crippen LogP contribution in [0.2, 0.25) is 0 Å². The van der Waals surface area contributed by atoms with Gasteiger partial charge in [-0.1, -0.05) is 37.5 Å². The van der Waals surface area contributed by atoms with Crippen molar-refractivity contribution in [2.45, 2.75) is 63.0 Å². The Kier molecular flexibility index (Phi) is 9.82.